The molecule has 0 aromatic carbocycles. The maximum atomic E-state index is 2.81. The van der Waals surface area contributed by atoms with E-state index in [-0.39, 0.29) is 0 Å². The second kappa shape index (κ2) is 2.25. The van der Waals surface area contributed by atoms with E-state index >= 15 is 0 Å². The fraction of sp³-hybridized carbons (Fsp3) is 1.00. The monoisotopic (exact) mass is 165 g/mol. The molecule has 0 aromatic rings. The Morgan fingerprint density at radius 2 is 1.92 bits per heavy atom. The smallest absolute Gasteiger partial charge is 0.0269 e. The Kier molecular flexibility index (Phi) is 1.39. The van der Waals surface area contributed by atoms with E-state index in [1.54, 1.807) is 0 Å². The highest BCUT2D eigenvalue weighted by Crippen LogP contribution is 2.64. The molecule has 3 fully saturated rings. The predicted molar refractivity (Wildman–Crippen MR) is 50.0 cm³/mol. The van der Waals surface area contributed by atoms with Crippen molar-refractivity contribution in [1.29, 1.82) is 0 Å². The lowest BCUT2D eigenvalue weighted by Gasteiger charge is -2.26. The lowest BCUT2D eigenvalue weighted by atomic mass is 10.1. The molecule has 1 saturated heterocycles. The minimum atomic E-state index is 0.733. The van der Waals surface area contributed by atoms with E-state index in [1.165, 1.54) is 45.2 Å². The molecule has 0 amide bonds. The van der Waals surface area contributed by atoms with Crippen LogP contribution < -0.4 is 0 Å². The van der Waals surface area contributed by atoms with Gasteiger partial charge in [0.1, 0.15) is 0 Å². The molecule has 1 nitrogen and oxygen atoms in total. The Hall–Kier alpha value is -0.0400. The number of hydrogen-bond donors (Lipinski definition) is 0. The average Bonchev–Trinajstić information content (AvgIpc) is 2.62. The predicted octanol–water partition coefficient (Wildman–Crippen LogP) is 2.27. The van der Waals surface area contributed by atoms with E-state index < -0.39 is 0 Å². The lowest BCUT2D eigenvalue weighted by Crippen LogP contribution is -2.36. The van der Waals surface area contributed by atoms with Crippen LogP contribution in [-0.4, -0.2) is 23.5 Å². The van der Waals surface area contributed by atoms with Crippen LogP contribution >= 0.6 is 0 Å². The molecule has 0 spiro atoms. The number of likely N-dealkylation sites (tertiary alicyclic amines) is 1. The fourth-order valence-electron chi connectivity index (χ4n) is 4.04. The standard InChI is InChI=1S/C11H19N/c1-9-10-5-4-6-11(9,10)12-7-2-3-8-12/h9-10H,2-8H2,1H3/t9-,10-,11-/m0/s1. The number of nitrogens with zero attached hydrogens (tertiary/aromatic N) is 1. The van der Waals surface area contributed by atoms with Gasteiger partial charge >= 0.3 is 0 Å². The zero-order chi connectivity index (χ0) is 8.18. The molecule has 0 unspecified atom stereocenters. The van der Waals surface area contributed by atoms with Crippen molar-refractivity contribution in [3.63, 3.8) is 0 Å². The lowest BCUT2D eigenvalue weighted by molar-refractivity contribution is 0.198. The molecule has 1 heteroatoms. The largest absolute Gasteiger partial charge is 0.297 e. The molecule has 1 aliphatic heterocycles. The van der Waals surface area contributed by atoms with E-state index in [9.17, 15) is 0 Å². The van der Waals surface area contributed by atoms with Gasteiger partial charge in [0.05, 0.1) is 0 Å². The van der Waals surface area contributed by atoms with E-state index in [2.05, 4.69) is 11.8 Å². The summed E-state index contributed by atoms with van der Waals surface area (Å²) in [6, 6.07) is 0. The molecule has 3 aliphatic rings. The molecule has 0 aromatic heterocycles. The Balaban J connectivity index is 1.82. The zero-order valence-corrected chi connectivity index (χ0v) is 8.05. The topological polar surface area (TPSA) is 3.24 Å². The number of hydrogen-bond acceptors (Lipinski definition) is 1. The molecule has 68 valence electrons. The normalized spacial score (nSPS) is 52.8. The van der Waals surface area contributed by atoms with Crippen LogP contribution in [0.4, 0.5) is 0 Å². The summed E-state index contributed by atoms with van der Waals surface area (Å²) in [5, 5.41) is 0. The third-order valence-electron chi connectivity index (χ3n) is 4.71. The summed E-state index contributed by atoms with van der Waals surface area (Å²) in [5.41, 5.74) is 0.733. The molecule has 2 aliphatic carbocycles. The van der Waals surface area contributed by atoms with Gasteiger partial charge in [-0.25, -0.2) is 0 Å². The van der Waals surface area contributed by atoms with E-state index in [1.807, 2.05) is 0 Å². The molecule has 3 atom stereocenters. The Labute approximate surface area is 75.1 Å². The van der Waals surface area contributed by atoms with Crippen LogP contribution in [-0.2, 0) is 0 Å². The molecule has 0 N–H and O–H groups in total. The first-order valence-corrected chi connectivity index (χ1v) is 5.61. The zero-order valence-electron chi connectivity index (χ0n) is 8.05. The molecule has 1 heterocycles. The second-order valence-corrected chi connectivity index (χ2v) is 4.97. The highest BCUT2D eigenvalue weighted by molar-refractivity contribution is 5.20. The van der Waals surface area contributed by atoms with Gasteiger partial charge in [0.2, 0.25) is 0 Å². The SMILES string of the molecule is C[C@H]1[C@@H]2CCC[C@]12N1CCCC1. The van der Waals surface area contributed by atoms with Crippen LogP contribution in [0.3, 0.4) is 0 Å². The van der Waals surface area contributed by atoms with Crippen molar-refractivity contribution in [3.05, 3.63) is 0 Å². The first-order chi connectivity index (χ1) is 5.86. The maximum absolute atomic E-state index is 2.81. The maximum Gasteiger partial charge on any atom is 0.0269 e. The van der Waals surface area contributed by atoms with Gasteiger partial charge in [-0.2, -0.15) is 0 Å². The van der Waals surface area contributed by atoms with Gasteiger partial charge < -0.3 is 0 Å². The van der Waals surface area contributed by atoms with Crippen LogP contribution in [0.2, 0.25) is 0 Å². The van der Waals surface area contributed by atoms with Gasteiger partial charge in [0.25, 0.3) is 0 Å². The van der Waals surface area contributed by atoms with Crippen molar-refractivity contribution in [3.8, 4) is 0 Å². The summed E-state index contributed by atoms with van der Waals surface area (Å²) in [6.07, 6.45) is 7.46. The van der Waals surface area contributed by atoms with E-state index in [0.29, 0.717) is 0 Å². The minimum absolute atomic E-state index is 0.733. The molecule has 0 radical (unpaired) electrons. The third-order valence-corrected chi connectivity index (χ3v) is 4.71. The number of fused-ring (bicyclic) bond motifs is 1. The van der Waals surface area contributed by atoms with Crippen molar-refractivity contribution in [2.45, 2.75) is 44.6 Å². The van der Waals surface area contributed by atoms with Crippen molar-refractivity contribution in [2.75, 3.05) is 13.1 Å². The van der Waals surface area contributed by atoms with Gasteiger partial charge in [-0.05, 0) is 50.6 Å². The molecular weight excluding hydrogens is 146 g/mol. The van der Waals surface area contributed by atoms with Crippen molar-refractivity contribution >= 4 is 0 Å². The van der Waals surface area contributed by atoms with Crippen LogP contribution in [0, 0.1) is 11.8 Å². The van der Waals surface area contributed by atoms with Crippen LogP contribution in [0.25, 0.3) is 0 Å². The van der Waals surface area contributed by atoms with Gasteiger partial charge in [0.15, 0.2) is 0 Å². The summed E-state index contributed by atoms with van der Waals surface area (Å²) in [5.74, 6) is 2.12. The third kappa shape index (κ3) is 0.693. The Bertz CT molecular complexity index is 195. The van der Waals surface area contributed by atoms with Crippen LogP contribution in [0.5, 0.6) is 0 Å². The van der Waals surface area contributed by atoms with E-state index in [4.69, 9.17) is 0 Å². The summed E-state index contributed by atoms with van der Waals surface area (Å²) >= 11 is 0. The summed E-state index contributed by atoms with van der Waals surface area (Å²) < 4.78 is 0. The van der Waals surface area contributed by atoms with Crippen molar-refractivity contribution in [1.82, 2.24) is 4.90 Å². The Morgan fingerprint density at radius 3 is 2.50 bits per heavy atom. The van der Waals surface area contributed by atoms with Gasteiger partial charge in [-0.3, -0.25) is 4.90 Å². The summed E-state index contributed by atoms with van der Waals surface area (Å²) in [6.45, 7) is 5.28. The summed E-state index contributed by atoms with van der Waals surface area (Å²) in [7, 11) is 0. The quantitative estimate of drug-likeness (QED) is 0.576. The van der Waals surface area contributed by atoms with E-state index in [0.717, 1.165) is 17.4 Å². The first-order valence-electron chi connectivity index (χ1n) is 5.61. The molecule has 3 rings (SSSR count). The van der Waals surface area contributed by atoms with Crippen molar-refractivity contribution in [2.24, 2.45) is 11.8 Å². The average molecular weight is 165 g/mol. The second-order valence-electron chi connectivity index (χ2n) is 4.97. The molecule has 0 bridgehead atoms. The summed E-state index contributed by atoms with van der Waals surface area (Å²) in [4.78, 5) is 2.81. The van der Waals surface area contributed by atoms with Crippen LogP contribution in [0.1, 0.15) is 39.0 Å². The fourth-order valence-corrected chi connectivity index (χ4v) is 4.04. The van der Waals surface area contributed by atoms with Gasteiger partial charge in [-0.1, -0.05) is 13.3 Å². The minimum Gasteiger partial charge on any atom is -0.297 e. The van der Waals surface area contributed by atoms with Crippen molar-refractivity contribution < 1.29 is 0 Å². The molecule has 2 saturated carbocycles. The van der Waals surface area contributed by atoms with Crippen LogP contribution in [0.15, 0.2) is 0 Å². The first kappa shape index (κ1) is 7.37. The Morgan fingerprint density at radius 1 is 1.17 bits per heavy atom. The molecular formula is C11H19N. The number of rotatable bonds is 1. The highest BCUT2D eigenvalue weighted by atomic mass is 15.3. The van der Waals surface area contributed by atoms with Gasteiger partial charge in [-0.15, -0.1) is 0 Å². The van der Waals surface area contributed by atoms with Gasteiger partial charge in [0, 0.05) is 5.54 Å². The highest BCUT2D eigenvalue weighted by Gasteiger charge is 2.66. The molecule has 12 heavy (non-hydrogen) atoms.